The molecule has 0 aromatic carbocycles. The topological polar surface area (TPSA) is 63.4 Å². The van der Waals surface area contributed by atoms with Crippen LogP contribution in [0.2, 0.25) is 0 Å². The maximum atomic E-state index is 9.59. The van der Waals surface area contributed by atoms with E-state index in [0.29, 0.717) is 11.8 Å². The molecule has 1 aliphatic heterocycles. The lowest BCUT2D eigenvalue weighted by atomic mass is 10.0. The van der Waals surface area contributed by atoms with E-state index < -0.39 is 12.1 Å². The van der Waals surface area contributed by atoms with Crippen molar-refractivity contribution in [3.8, 4) is 0 Å². The Kier molecular flexibility index (Phi) is 4.29. The van der Waals surface area contributed by atoms with Gasteiger partial charge in [-0.3, -0.25) is 0 Å². The minimum Gasteiger partial charge on any atom is -0.483 e. The molecule has 0 saturated heterocycles. The Morgan fingerprint density at radius 2 is 1.44 bits per heavy atom. The normalized spacial score (nSPS) is 27.2. The van der Waals surface area contributed by atoms with Crippen LogP contribution in [0.25, 0.3) is 0 Å². The van der Waals surface area contributed by atoms with Gasteiger partial charge in [-0.1, -0.05) is 13.8 Å². The summed E-state index contributed by atoms with van der Waals surface area (Å²) in [6.07, 6.45) is -0.642. The molecule has 3 atom stereocenters. The van der Waals surface area contributed by atoms with Crippen molar-refractivity contribution in [2.75, 3.05) is 14.2 Å². The first kappa shape index (κ1) is 13.0. The molecule has 0 aliphatic carbocycles. The van der Waals surface area contributed by atoms with Gasteiger partial charge in [0.25, 0.3) is 0 Å². The number of hydrogen-bond donors (Lipinski definition) is 1. The molecule has 0 saturated carbocycles. The molecular formula is C11H20N2O3. The third-order valence-electron chi connectivity index (χ3n) is 2.55. The quantitative estimate of drug-likeness (QED) is 0.716. The van der Waals surface area contributed by atoms with Gasteiger partial charge in [0.2, 0.25) is 11.8 Å². The number of rotatable bonds is 2. The lowest BCUT2D eigenvalue weighted by Gasteiger charge is -2.28. The Balaban J connectivity index is 3.01. The largest absolute Gasteiger partial charge is 0.483 e. The maximum absolute atomic E-state index is 9.59. The van der Waals surface area contributed by atoms with Crippen LogP contribution in [0.3, 0.4) is 0 Å². The first-order chi connectivity index (χ1) is 7.51. The molecule has 16 heavy (non-hydrogen) atoms. The van der Waals surface area contributed by atoms with E-state index in [1.54, 1.807) is 21.1 Å². The number of nitrogens with zero attached hydrogens (tertiary/aromatic N) is 2. The summed E-state index contributed by atoms with van der Waals surface area (Å²) in [5, 5.41) is 9.59. The summed E-state index contributed by atoms with van der Waals surface area (Å²) >= 11 is 0. The van der Waals surface area contributed by atoms with Crippen molar-refractivity contribution in [1.82, 2.24) is 0 Å². The van der Waals surface area contributed by atoms with E-state index in [2.05, 4.69) is 9.98 Å². The monoisotopic (exact) mass is 230 g/mol. The van der Waals surface area contributed by atoms with E-state index in [-0.39, 0.29) is 12.0 Å². The van der Waals surface area contributed by atoms with E-state index in [0.717, 1.165) is 0 Å². The van der Waals surface area contributed by atoms with Crippen LogP contribution in [0, 0.1) is 5.92 Å². The third kappa shape index (κ3) is 2.52. The molecule has 1 aliphatic rings. The number of aliphatic hydroxyl groups excluding tert-OH is 1. The van der Waals surface area contributed by atoms with Crippen molar-refractivity contribution in [2.45, 2.75) is 39.0 Å². The van der Waals surface area contributed by atoms with Gasteiger partial charge in [0.1, 0.15) is 6.04 Å². The summed E-state index contributed by atoms with van der Waals surface area (Å²) < 4.78 is 10.4. The number of aliphatic imine (C=N–C) groups is 2. The highest BCUT2D eigenvalue weighted by molar-refractivity contribution is 5.94. The van der Waals surface area contributed by atoms with Gasteiger partial charge in [-0.15, -0.1) is 0 Å². The van der Waals surface area contributed by atoms with E-state index in [1.807, 2.05) is 13.8 Å². The molecule has 1 unspecified atom stereocenters. The minimum absolute atomic E-state index is 0.130. The number of hydrogen-bond acceptors (Lipinski definition) is 5. The Morgan fingerprint density at radius 1 is 1.00 bits per heavy atom. The van der Waals surface area contributed by atoms with Crippen LogP contribution in [0.4, 0.5) is 0 Å². The van der Waals surface area contributed by atoms with Crippen molar-refractivity contribution in [1.29, 1.82) is 0 Å². The first-order valence-corrected chi connectivity index (χ1v) is 5.42. The lowest BCUT2D eigenvalue weighted by molar-refractivity contribution is 0.171. The van der Waals surface area contributed by atoms with Gasteiger partial charge < -0.3 is 14.6 Å². The molecule has 0 fully saturated rings. The number of ether oxygens (including phenoxy) is 2. The molecule has 5 heteroatoms. The highest BCUT2D eigenvalue weighted by Crippen LogP contribution is 2.18. The summed E-state index contributed by atoms with van der Waals surface area (Å²) in [5.41, 5.74) is 0. The van der Waals surface area contributed by atoms with E-state index in [4.69, 9.17) is 9.47 Å². The zero-order valence-corrected chi connectivity index (χ0v) is 10.5. The summed E-state index contributed by atoms with van der Waals surface area (Å²) in [6, 6.07) is -0.593. The summed E-state index contributed by atoms with van der Waals surface area (Å²) in [4.78, 5) is 8.78. The van der Waals surface area contributed by atoms with Crippen molar-refractivity contribution in [2.24, 2.45) is 15.9 Å². The van der Waals surface area contributed by atoms with Crippen molar-refractivity contribution in [3.63, 3.8) is 0 Å². The maximum Gasteiger partial charge on any atom is 0.212 e. The van der Waals surface area contributed by atoms with Crippen LogP contribution in [0.15, 0.2) is 9.98 Å². The molecule has 5 nitrogen and oxygen atoms in total. The molecule has 0 spiro atoms. The molecule has 1 N–H and O–H groups in total. The fourth-order valence-electron chi connectivity index (χ4n) is 1.63. The van der Waals surface area contributed by atoms with E-state index >= 15 is 0 Å². The van der Waals surface area contributed by atoms with Crippen molar-refractivity contribution in [3.05, 3.63) is 0 Å². The molecule has 0 amide bonds. The fraction of sp³-hybridized carbons (Fsp3) is 0.818. The Labute approximate surface area is 96.2 Å². The molecule has 1 rings (SSSR count). The predicted octanol–water partition coefficient (Wildman–Crippen LogP) is 0.864. The van der Waals surface area contributed by atoms with Crippen molar-refractivity contribution < 1.29 is 14.6 Å². The molecular weight excluding hydrogens is 210 g/mol. The molecule has 0 bridgehead atoms. The van der Waals surface area contributed by atoms with Gasteiger partial charge in [-0.05, 0) is 12.8 Å². The zero-order valence-electron chi connectivity index (χ0n) is 10.5. The summed E-state index contributed by atoms with van der Waals surface area (Å²) in [5.74, 6) is 1.30. The second-order valence-electron chi connectivity index (χ2n) is 4.22. The Bertz CT molecular complexity index is 268. The van der Waals surface area contributed by atoms with Gasteiger partial charge in [0.15, 0.2) is 6.04 Å². The van der Waals surface area contributed by atoms with Gasteiger partial charge in [0, 0.05) is 0 Å². The number of methoxy groups -OCH3 is 2. The predicted molar refractivity (Wildman–Crippen MR) is 63.0 cm³/mol. The highest BCUT2D eigenvalue weighted by atomic mass is 16.5. The summed E-state index contributed by atoms with van der Waals surface area (Å²) in [7, 11) is 3.11. The van der Waals surface area contributed by atoms with Crippen LogP contribution in [-0.2, 0) is 9.47 Å². The fourth-order valence-corrected chi connectivity index (χ4v) is 1.63. The van der Waals surface area contributed by atoms with Crippen LogP contribution < -0.4 is 0 Å². The molecule has 92 valence electrons. The van der Waals surface area contributed by atoms with Gasteiger partial charge >= 0.3 is 0 Å². The Morgan fingerprint density at radius 3 is 1.81 bits per heavy atom. The van der Waals surface area contributed by atoms with Crippen LogP contribution in [0.5, 0.6) is 0 Å². The minimum atomic E-state index is -0.642. The lowest BCUT2D eigenvalue weighted by Crippen LogP contribution is -2.41. The zero-order chi connectivity index (χ0) is 12.3. The van der Waals surface area contributed by atoms with Crippen LogP contribution in [0.1, 0.15) is 20.8 Å². The van der Waals surface area contributed by atoms with E-state index in [1.165, 1.54) is 0 Å². The second kappa shape index (κ2) is 5.30. The number of aliphatic hydroxyl groups is 1. The average molecular weight is 230 g/mol. The van der Waals surface area contributed by atoms with Gasteiger partial charge in [0.05, 0.1) is 20.3 Å². The van der Waals surface area contributed by atoms with Crippen molar-refractivity contribution >= 4 is 11.8 Å². The highest BCUT2D eigenvalue weighted by Gasteiger charge is 2.33. The van der Waals surface area contributed by atoms with Gasteiger partial charge in [-0.2, -0.15) is 0 Å². The van der Waals surface area contributed by atoms with Crippen LogP contribution >= 0.6 is 0 Å². The third-order valence-corrected chi connectivity index (χ3v) is 2.55. The second-order valence-corrected chi connectivity index (χ2v) is 4.22. The molecule has 0 radical (unpaired) electrons. The molecule has 0 aromatic rings. The Hall–Kier alpha value is -1.10. The van der Waals surface area contributed by atoms with Gasteiger partial charge in [-0.25, -0.2) is 9.98 Å². The standard InChI is InChI=1S/C11H20N2O3/c1-6(2)8-10(15-4)13-9(7(3)14)11(12-8)16-5/h6-9,14H,1-5H3/t7?,8-,9+/m1/s1/i3+1,7+1. The molecule has 0 aromatic heterocycles. The SMILES string of the molecule is COC1=N[C@H](C(C)C)C(OC)=N[C@H]1[13CH]([13CH3])O. The average Bonchev–Trinajstić information content (AvgIpc) is 2.26. The summed E-state index contributed by atoms with van der Waals surface area (Å²) in [6.45, 7) is 5.74. The van der Waals surface area contributed by atoms with Crippen LogP contribution in [-0.4, -0.2) is 49.3 Å². The molecule has 1 heterocycles. The smallest absolute Gasteiger partial charge is 0.212 e. The first-order valence-electron chi connectivity index (χ1n) is 5.42. The van der Waals surface area contributed by atoms with E-state index in [9.17, 15) is 5.11 Å².